The smallest absolute Gasteiger partial charge is 0.277 e. The fraction of sp³-hybridized carbons (Fsp3) is 0. The van der Waals surface area contributed by atoms with Gasteiger partial charge in [0.1, 0.15) is 5.58 Å². The molecule has 1 aliphatic rings. The molecule has 1 aromatic heterocycles. The van der Waals surface area contributed by atoms with Gasteiger partial charge in [-0.1, -0.05) is 6.07 Å². The van der Waals surface area contributed by atoms with Crippen LogP contribution in [0.25, 0.3) is 21.7 Å². The van der Waals surface area contributed by atoms with Crippen LogP contribution in [0, 0.1) is 0 Å². The van der Waals surface area contributed by atoms with Crippen LogP contribution in [-0.4, -0.2) is 12.1 Å². The Labute approximate surface area is 96.4 Å². The number of rotatable bonds is 0. The van der Waals surface area contributed by atoms with Crippen LogP contribution in [0.4, 0.5) is 0 Å². The van der Waals surface area contributed by atoms with E-state index in [9.17, 15) is 4.79 Å². The van der Waals surface area contributed by atoms with Crippen LogP contribution in [0.3, 0.4) is 0 Å². The van der Waals surface area contributed by atoms with Gasteiger partial charge < -0.3 is 4.42 Å². The zero-order valence-corrected chi connectivity index (χ0v) is 8.81. The fourth-order valence-corrected chi connectivity index (χ4v) is 2.33. The number of amides is 1. The van der Waals surface area contributed by atoms with Gasteiger partial charge in [0.15, 0.2) is 0 Å². The Bertz CT molecular complexity index is 812. The van der Waals surface area contributed by atoms with Crippen molar-refractivity contribution in [1.29, 1.82) is 0 Å². The minimum absolute atomic E-state index is 0.158. The molecule has 0 N–H and O–H groups in total. The first-order chi connectivity index (χ1) is 8.33. The minimum atomic E-state index is -0.158. The predicted octanol–water partition coefficient (Wildman–Crippen LogP) is 3.16. The highest BCUT2D eigenvalue weighted by Crippen LogP contribution is 2.29. The monoisotopic (exact) mass is 221 g/mol. The number of furan rings is 1. The lowest BCUT2D eigenvalue weighted by molar-refractivity contribution is 0.101. The molecule has 80 valence electrons. The summed E-state index contributed by atoms with van der Waals surface area (Å²) >= 11 is 0. The molecule has 0 atom stereocenters. The summed E-state index contributed by atoms with van der Waals surface area (Å²) in [5.41, 5.74) is 2.43. The summed E-state index contributed by atoms with van der Waals surface area (Å²) in [7, 11) is 0. The maximum atomic E-state index is 11.5. The summed E-state index contributed by atoms with van der Waals surface area (Å²) in [5, 5.41) is 3.20. The van der Waals surface area contributed by atoms with Crippen LogP contribution in [-0.2, 0) is 0 Å². The molecular weight excluding hydrogens is 214 g/mol. The first kappa shape index (κ1) is 8.70. The van der Waals surface area contributed by atoms with Gasteiger partial charge in [-0.3, -0.25) is 4.79 Å². The molecule has 0 aliphatic carbocycles. The van der Waals surface area contributed by atoms with Crippen molar-refractivity contribution in [1.82, 2.24) is 0 Å². The molecule has 0 radical (unpaired) electrons. The van der Waals surface area contributed by atoms with Crippen LogP contribution >= 0.6 is 0 Å². The first-order valence-corrected chi connectivity index (χ1v) is 5.35. The second-order valence-corrected chi connectivity index (χ2v) is 4.12. The van der Waals surface area contributed by atoms with E-state index in [2.05, 4.69) is 4.99 Å². The van der Waals surface area contributed by atoms with E-state index in [0.29, 0.717) is 5.56 Å². The Kier molecular flexibility index (Phi) is 1.45. The third-order valence-electron chi connectivity index (χ3n) is 3.17. The lowest BCUT2D eigenvalue weighted by atomic mass is 10.0. The van der Waals surface area contributed by atoms with E-state index in [1.54, 1.807) is 12.5 Å². The van der Waals surface area contributed by atoms with Crippen molar-refractivity contribution in [2.24, 2.45) is 4.99 Å². The maximum Gasteiger partial charge on any atom is 0.277 e. The SMILES string of the molecule is O=C1N=Cc2cc3c(ccc4occc43)cc21. The number of fused-ring (bicyclic) bond motifs is 4. The number of benzene rings is 2. The normalized spacial score (nSPS) is 13.8. The average molecular weight is 221 g/mol. The molecule has 4 rings (SSSR count). The summed E-state index contributed by atoms with van der Waals surface area (Å²) in [4.78, 5) is 15.3. The van der Waals surface area contributed by atoms with Crippen molar-refractivity contribution < 1.29 is 9.21 Å². The molecule has 3 aromatic rings. The third kappa shape index (κ3) is 1.05. The lowest BCUT2D eigenvalue weighted by Gasteiger charge is -2.02. The van der Waals surface area contributed by atoms with Gasteiger partial charge in [0, 0.05) is 17.2 Å². The molecule has 0 bridgehead atoms. The minimum Gasteiger partial charge on any atom is -0.464 e. The van der Waals surface area contributed by atoms with Crippen LogP contribution < -0.4 is 0 Å². The highest BCUT2D eigenvalue weighted by atomic mass is 16.3. The van der Waals surface area contributed by atoms with Crippen LogP contribution in [0.1, 0.15) is 15.9 Å². The maximum absolute atomic E-state index is 11.5. The van der Waals surface area contributed by atoms with Crippen LogP contribution in [0.15, 0.2) is 46.0 Å². The van der Waals surface area contributed by atoms with Gasteiger partial charge in [-0.15, -0.1) is 0 Å². The van der Waals surface area contributed by atoms with E-state index < -0.39 is 0 Å². The molecule has 0 saturated carbocycles. The predicted molar refractivity (Wildman–Crippen MR) is 65.6 cm³/mol. The number of hydrogen-bond donors (Lipinski definition) is 0. The summed E-state index contributed by atoms with van der Waals surface area (Å²) in [6, 6.07) is 9.72. The quantitative estimate of drug-likeness (QED) is 0.585. The van der Waals surface area contributed by atoms with Gasteiger partial charge >= 0.3 is 0 Å². The zero-order valence-electron chi connectivity index (χ0n) is 8.81. The van der Waals surface area contributed by atoms with Crippen LogP contribution in [0.5, 0.6) is 0 Å². The molecule has 2 heterocycles. The average Bonchev–Trinajstić information content (AvgIpc) is 2.94. The van der Waals surface area contributed by atoms with Crippen molar-refractivity contribution in [3.63, 3.8) is 0 Å². The summed E-state index contributed by atoms with van der Waals surface area (Å²) < 4.78 is 5.37. The number of nitrogens with zero attached hydrogens (tertiary/aromatic N) is 1. The largest absolute Gasteiger partial charge is 0.464 e. The molecule has 0 spiro atoms. The Morgan fingerprint density at radius 2 is 2.00 bits per heavy atom. The molecular formula is C14H7NO2. The number of hydrogen-bond acceptors (Lipinski definition) is 2. The van der Waals surface area contributed by atoms with E-state index in [-0.39, 0.29) is 5.91 Å². The van der Waals surface area contributed by atoms with Crippen molar-refractivity contribution in [2.45, 2.75) is 0 Å². The Balaban J connectivity index is 2.22. The van der Waals surface area contributed by atoms with Gasteiger partial charge in [-0.05, 0) is 35.0 Å². The Hall–Kier alpha value is -2.42. The third-order valence-corrected chi connectivity index (χ3v) is 3.17. The Morgan fingerprint density at radius 3 is 2.94 bits per heavy atom. The van der Waals surface area contributed by atoms with Crippen molar-refractivity contribution in [2.75, 3.05) is 0 Å². The molecule has 3 nitrogen and oxygen atoms in total. The summed E-state index contributed by atoms with van der Waals surface area (Å²) in [5.74, 6) is -0.158. The van der Waals surface area contributed by atoms with E-state index in [1.807, 2.05) is 30.3 Å². The van der Waals surface area contributed by atoms with E-state index in [1.165, 1.54) is 0 Å². The summed E-state index contributed by atoms with van der Waals surface area (Å²) in [6.07, 6.45) is 3.30. The molecule has 2 aromatic carbocycles. The number of carbonyl (C=O) groups excluding carboxylic acids is 1. The molecule has 0 fully saturated rings. The van der Waals surface area contributed by atoms with Crippen molar-refractivity contribution >= 4 is 33.9 Å². The van der Waals surface area contributed by atoms with E-state index in [0.717, 1.165) is 27.3 Å². The first-order valence-electron chi connectivity index (χ1n) is 5.35. The second-order valence-electron chi connectivity index (χ2n) is 4.12. The molecule has 3 heteroatoms. The van der Waals surface area contributed by atoms with Gasteiger partial charge in [-0.25, -0.2) is 4.99 Å². The summed E-state index contributed by atoms with van der Waals surface area (Å²) in [6.45, 7) is 0. The van der Waals surface area contributed by atoms with Gasteiger partial charge in [0.2, 0.25) is 0 Å². The van der Waals surface area contributed by atoms with E-state index in [4.69, 9.17) is 4.42 Å². The molecule has 0 saturated heterocycles. The van der Waals surface area contributed by atoms with E-state index >= 15 is 0 Å². The van der Waals surface area contributed by atoms with Gasteiger partial charge in [-0.2, -0.15) is 0 Å². The molecule has 1 amide bonds. The lowest BCUT2D eigenvalue weighted by Crippen LogP contribution is -1.91. The highest BCUT2D eigenvalue weighted by Gasteiger charge is 2.16. The zero-order chi connectivity index (χ0) is 11.4. The standard InChI is InChI=1S/C14H7NO2/c16-14-12-5-8-1-2-13-10(3-4-17-13)11(8)6-9(12)7-15-14/h1-7H. The van der Waals surface area contributed by atoms with Crippen molar-refractivity contribution in [3.05, 3.63) is 47.7 Å². The molecule has 0 unspecified atom stereocenters. The molecule has 1 aliphatic heterocycles. The number of aliphatic imine (C=N–C) groups is 1. The Morgan fingerprint density at radius 1 is 1.06 bits per heavy atom. The molecule has 17 heavy (non-hydrogen) atoms. The van der Waals surface area contributed by atoms with Crippen LogP contribution in [0.2, 0.25) is 0 Å². The van der Waals surface area contributed by atoms with Gasteiger partial charge in [0.25, 0.3) is 5.91 Å². The topological polar surface area (TPSA) is 42.6 Å². The fourth-order valence-electron chi connectivity index (χ4n) is 2.33. The van der Waals surface area contributed by atoms with Crippen molar-refractivity contribution in [3.8, 4) is 0 Å². The van der Waals surface area contributed by atoms with Gasteiger partial charge in [0.05, 0.1) is 11.8 Å². The second kappa shape index (κ2) is 2.83. The highest BCUT2D eigenvalue weighted by molar-refractivity contribution is 6.17. The number of carbonyl (C=O) groups is 1.